The van der Waals surface area contributed by atoms with Gasteiger partial charge in [0, 0.05) is 6.61 Å². The van der Waals surface area contributed by atoms with Crippen LogP contribution in [0.2, 0.25) is 0 Å². The van der Waals surface area contributed by atoms with Crippen LogP contribution in [0.25, 0.3) is 0 Å². The molecule has 0 atom stereocenters. The molecule has 0 unspecified atom stereocenters. The molecule has 4 nitrogen and oxygen atoms in total. The van der Waals surface area contributed by atoms with Crippen molar-refractivity contribution in [2.45, 2.75) is 12.8 Å². The Bertz CT molecular complexity index is 316. The Kier molecular flexibility index (Phi) is 5.67. The predicted molar refractivity (Wildman–Crippen MR) is 65.7 cm³/mol. The summed E-state index contributed by atoms with van der Waals surface area (Å²) in [6, 6.07) is 5.84. The molecule has 0 spiro atoms. The number of benzene rings is 1. The summed E-state index contributed by atoms with van der Waals surface area (Å²) in [7, 11) is 1.61. The van der Waals surface area contributed by atoms with Crippen molar-refractivity contribution in [1.82, 2.24) is 5.32 Å². The van der Waals surface area contributed by atoms with Crippen LogP contribution in [0.4, 0.5) is 5.69 Å². The SMILES string of the molecule is COc1ccc(CCNCCCO)cc1N. The second-order valence-corrected chi connectivity index (χ2v) is 3.65. The van der Waals surface area contributed by atoms with E-state index in [-0.39, 0.29) is 6.61 Å². The van der Waals surface area contributed by atoms with Crippen LogP contribution >= 0.6 is 0 Å². The maximum atomic E-state index is 8.61. The first kappa shape index (κ1) is 12.8. The van der Waals surface area contributed by atoms with Gasteiger partial charge in [-0.15, -0.1) is 0 Å². The molecule has 0 amide bonds. The largest absolute Gasteiger partial charge is 0.495 e. The van der Waals surface area contributed by atoms with E-state index < -0.39 is 0 Å². The summed E-state index contributed by atoms with van der Waals surface area (Å²) in [5, 5.41) is 11.9. The van der Waals surface area contributed by atoms with E-state index >= 15 is 0 Å². The van der Waals surface area contributed by atoms with Gasteiger partial charge in [0.25, 0.3) is 0 Å². The summed E-state index contributed by atoms with van der Waals surface area (Å²) in [5.74, 6) is 0.719. The van der Waals surface area contributed by atoms with Gasteiger partial charge in [-0.25, -0.2) is 0 Å². The molecule has 0 aliphatic carbocycles. The van der Waals surface area contributed by atoms with E-state index in [1.54, 1.807) is 7.11 Å². The fourth-order valence-electron chi connectivity index (χ4n) is 1.50. The molecule has 1 rings (SSSR count). The third kappa shape index (κ3) is 4.08. The summed E-state index contributed by atoms with van der Waals surface area (Å²) in [6.45, 7) is 1.98. The highest BCUT2D eigenvalue weighted by atomic mass is 16.5. The van der Waals surface area contributed by atoms with Crippen molar-refractivity contribution >= 4 is 5.69 Å². The number of hydrogen-bond acceptors (Lipinski definition) is 4. The van der Waals surface area contributed by atoms with E-state index in [0.717, 1.165) is 31.7 Å². The van der Waals surface area contributed by atoms with Crippen molar-refractivity contribution in [2.75, 3.05) is 32.5 Å². The van der Waals surface area contributed by atoms with Crippen LogP contribution in [0.3, 0.4) is 0 Å². The minimum Gasteiger partial charge on any atom is -0.495 e. The van der Waals surface area contributed by atoms with Crippen molar-refractivity contribution in [1.29, 1.82) is 0 Å². The van der Waals surface area contributed by atoms with Gasteiger partial charge in [-0.2, -0.15) is 0 Å². The van der Waals surface area contributed by atoms with Gasteiger partial charge >= 0.3 is 0 Å². The van der Waals surface area contributed by atoms with Gasteiger partial charge in [0.1, 0.15) is 5.75 Å². The highest BCUT2D eigenvalue weighted by Crippen LogP contribution is 2.21. The van der Waals surface area contributed by atoms with Crippen molar-refractivity contribution in [3.63, 3.8) is 0 Å². The highest BCUT2D eigenvalue weighted by Gasteiger charge is 2.00. The summed E-state index contributed by atoms with van der Waals surface area (Å²) in [6.07, 6.45) is 1.73. The van der Waals surface area contributed by atoms with Crippen LogP contribution in [0.15, 0.2) is 18.2 Å². The van der Waals surface area contributed by atoms with Crippen LogP contribution in [-0.2, 0) is 6.42 Å². The van der Waals surface area contributed by atoms with Gasteiger partial charge in [0.05, 0.1) is 12.8 Å². The highest BCUT2D eigenvalue weighted by molar-refractivity contribution is 5.54. The molecule has 1 aromatic rings. The Labute approximate surface area is 96.4 Å². The molecule has 0 saturated carbocycles. The average molecular weight is 224 g/mol. The molecular weight excluding hydrogens is 204 g/mol. The molecule has 1 aromatic carbocycles. The normalized spacial score (nSPS) is 10.4. The number of aliphatic hydroxyl groups excluding tert-OH is 1. The zero-order valence-electron chi connectivity index (χ0n) is 9.70. The fourth-order valence-corrected chi connectivity index (χ4v) is 1.50. The van der Waals surface area contributed by atoms with Gasteiger partial charge in [0.2, 0.25) is 0 Å². The van der Waals surface area contributed by atoms with Crippen LogP contribution < -0.4 is 15.8 Å². The number of ether oxygens (including phenoxy) is 1. The molecule has 0 aliphatic rings. The van der Waals surface area contributed by atoms with Crippen LogP contribution in [0, 0.1) is 0 Å². The first-order valence-corrected chi connectivity index (χ1v) is 5.52. The van der Waals surface area contributed by atoms with E-state index in [1.807, 2.05) is 18.2 Å². The first-order chi connectivity index (χ1) is 7.77. The Morgan fingerprint density at radius 3 is 2.81 bits per heavy atom. The third-order valence-corrected chi connectivity index (χ3v) is 2.40. The Morgan fingerprint density at radius 1 is 1.38 bits per heavy atom. The van der Waals surface area contributed by atoms with Crippen molar-refractivity contribution in [3.8, 4) is 5.75 Å². The van der Waals surface area contributed by atoms with E-state index in [9.17, 15) is 0 Å². The number of anilines is 1. The minimum atomic E-state index is 0.239. The zero-order valence-corrected chi connectivity index (χ0v) is 9.70. The van der Waals surface area contributed by atoms with Crippen LogP contribution in [0.5, 0.6) is 5.75 Å². The molecule has 0 heterocycles. The summed E-state index contributed by atoms with van der Waals surface area (Å²) >= 11 is 0. The second kappa shape index (κ2) is 7.09. The number of nitrogens with one attached hydrogen (secondary N) is 1. The molecule has 4 heteroatoms. The molecule has 16 heavy (non-hydrogen) atoms. The summed E-state index contributed by atoms with van der Waals surface area (Å²) < 4.78 is 5.09. The quantitative estimate of drug-likeness (QED) is 0.473. The number of nitrogens with two attached hydrogens (primary N) is 1. The number of nitrogen functional groups attached to an aromatic ring is 1. The van der Waals surface area contributed by atoms with Gasteiger partial charge in [-0.1, -0.05) is 6.07 Å². The summed E-state index contributed by atoms with van der Waals surface area (Å²) in [5.41, 5.74) is 7.67. The molecule has 0 radical (unpaired) electrons. The lowest BCUT2D eigenvalue weighted by atomic mass is 10.1. The van der Waals surface area contributed by atoms with Crippen LogP contribution in [0.1, 0.15) is 12.0 Å². The molecule has 0 aliphatic heterocycles. The molecule has 0 fully saturated rings. The van der Waals surface area contributed by atoms with Gasteiger partial charge < -0.3 is 20.9 Å². The molecule has 0 saturated heterocycles. The van der Waals surface area contributed by atoms with Gasteiger partial charge in [-0.05, 0) is 43.6 Å². The minimum absolute atomic E-state index is 0.239. The number of hydrogen-bond donors (Lipinski definition) is 3. The predicted octanol–water partition coefficient (Wildman–Crippen LogP) is 0.792. The molecule has 0 aromatic heterocycles. The number of methoxy groups -OCH3 is 1. The van der Waals surface area contributed by atoms with E-state index in [0.29, 0.717) is 5.69 Å². The lowest BCUT2D eigenvalue weighted by Gasteiger charge is -2.07. The number of rotatable bonds is 7. The van der Waals surface area contributed by atoms with E-state index in [1.165, 1.54) is 5.56 Å². The second-order valence-electron chi connectivity index (χ2n) is 3.65. The van der Waals surface area contributed by atoms with Gasteiger partial charge in [-0.3, -0.25) is 0 Å². The topological polar surface area (TPSA) is 67.5 Å². The average Bonchev–Trinajstić information content (AvgIpc) is 2.29. The van der Waals surface area contributed by atoms with Crippen molar-refractivity contribution < 1.29 is 9.84 Å². The lowest BCUT2D eigenvalue weighted by Crippen LogP contribution is -2.19. The van der Waals surface area contributed by atoms with Crippen molar-refractivity contribution in [2.24, 2.45) is 0 Å². The molecule has 0 bridgehead atoms. The van der Waals surface area contributed by atoms with E-state index in [2.05, 4.69) is 5.32 Å². The standard InChI is InChI=1S/C12H20N2O2/c1-16-12-4-3-10(9-11(12)13)5-7-14-6-2-8-15/h3-4,9,14-15H,2,5-8,13H2,1H3. The summed E-state index contributed by atoms with van der Waals surface area (Å²) in [4.78, 5) is 0. The maximum Gasteiger partial charge on any atom is 0.141 e. The zero-order chi connectivity index (χ0) is 11.8. The third-order valence-electron chi connectivity index (χ3n) is 2.40. The lowest BCUT2D eigenvalue weighted by molar-refractivity contribution is 0.286. The Hall–Kier alpha value is -1.26. The van der Waals surface area contributed by atoms with Crippen LogP contribution in [-0.4, -0.2) is 31.9 Å². The Balaban J connectivity index is 2.34. The maximum absolute atomic E-state index is 8.61. The fraction of sp³-hybridized carbons (Fsp3) is 0.500. The van der Waals surface area contributed by atoms with E-state index in [4.69, 9.17) is 15.6 Å². The Morgan fingerprint density at radius 2 is 2.19 bits per heavy atom. The smallest absolute Gasteiger partial charge is 0.141 e. The van der Waals surface area contributed by atoms with Gasteiger partial charge in [0.15, 0.2) is 0 Å². The monoisotopic (exact) mass is 224 g/mol. The molecular formula is C12H20N2O2. The molecule has 4 N–H and O–H groups in total. The van der Waals surface area contributed by atoms with Crippen molar-refractivity contribution in [3.05, 3.63) is 23.8 Å². The number of aliphatic hydroxyl groups is 1. The molecule has 90 valence electrons. The first-order valence-electron chi connectivity index (χ1n) is 5.52.